The molecule has 0 aliphatic carbocycles. The molecule has 1 aromatic heterocycles. The minimum absolute atomic E-state index is 0.0801. The van der Waals surface area contributed by atoms with Crippen LogP contribution < -0.4 is 16.5 Å². The summed E-state index contributed by atoms with van der Waals surface area (Å²) in [6.45, 7) is 1.68. The molecule has 2 amide bonds. The highest BCUT2D eigenvalue weighted by Crippen LogP contribution is 2.19. The first kappa shape index (κ1) is 18.5. The smallest absolute Gasteiger partial charge is 0.246 e. The number of hydrazone groups is 1. The van der Waals surface area contributed by atoms with E-state index in [1.54, 1.807) is 12.3 Å². The Hall–Kier alpha value is -3.26. The maximum absolute atomic E-state index is 12.2. The van der Waals surface area contributed by atoms with Crippen LogP contribution >= 0.6 is 11.3 Å². The number of nitrogen functional groups attached to an aromatic ring is 1. The number of hydrogen-bond donors (Lipinski definition) is 3. The fraction of sp³-hybridized carbons (Fsp3) is 0.158. The summed E-state index contributed by atoms with van der Waals surface area (Å²) >= 11 is 1.28. The SMILES string of the molecule is C/C(CC(=O)Nc1ccc2ccccc2c1)=N/NC(=O)Cc1csc(N)n1. The Morgan fingerprint density at radius 1 is 1.15 bits per heavy atom. The molecule has 4 N–H and O–H groups in total. The molecular weight excluding hydrogens is 362 g/mol. The first-order valence-electron chi connectivity index (χ1n) is 8.30. The molecule has 8 heteroatoms. The topological polar surface area (TPSA) is 109 Å². The third kappa shape index (κ3) is 5.35. The van der Waals surface area contributed by atoms with Crippen LogP contribution in [0.1, 0.15) is 19.0 Å². The van der Waals surface area contributed by atoms with Crippen LogP contribution in [0.2, 0.25) is 0 Å². The molecule has 0 aliphatic heterocycles. The highest BCUT2D eigenvalue weighted by atomic mass is 32.1. The van der Waals surface area contributed by atoms with Crippen molar-refractivity contribution in [3.63, 3.8) is 0 Å². The molecule has 0 aliphatic rings. The van der Waals surface area contributed by atoms with E-state index in [4.69, 9.17) is 5.73 Å². The summed E-state index contributed by atoms with van der Waals surface area (Å²) in [7, 11) is 0. The third-order valence-electron chi connectivity index (χ3n) is 3.73. The van der Waals surface area contributed by atoms with Crippen LogP contribution in [0.4, 0.5) is 10.8 Å². The predicted molar refractivity (Wildman–Crippen MR) is 109 cm³/mol. The predicted octanol–water partition coefficient (Wildman–Crippen LogP) is 2.94. The van der Waals surface area contributed by atoms with Gasteiger partial charge in [0.2, 0.25) is 11.8 Å². The van der Waals surface area contributed by atoms with Gasteiger partial charge in [0, 0.05) is 16.8 Å². The Kier molecular flexibility index (Phi) is 5.77. The molecule has 0 spiro atoms. The lowest BCUT2D eigenvalue weighted by Crippen LogP contribution is -2.23. The Morgan fingerprint density at radius 3 is 2.67 bits per heavy atom. The van der Waals surface area contributed by atoms with Gasteiger partial charge in [0.1, 0.15) is 0 Å². The summed E-state index contributed by atoms with van der Waals surface area (Å²) in [4.78, 5) is 28.0. The standard InChI is InChI=1S/C19H19N5O2S/c1-12(23-24-18(26)10-16-11-27-19(20)22-16)8-17(25)21-15-7-6-13-4-2-3-5-14(13)9-15/h2-7,9,11H,8,10H2,1H3,(H2,20,22)(H,21,25)(H,24,26)/b23-12-. The fourth-order valence-electron chi connectivity index (χ4n) is 2.51. The monoisotopic (exact) mass is 381 g/mol. The van der Waals surface area contributed by atoms with E-state index in [2.05, 4.69) is 20.8 Å². The van der Waals surface area contributed by atoms with E-state index in [1.807, 2.05) is 42.5 Å². The molecule has 3 rings (SSSR count). The first-order chi connectivity index (χ1) is 13.0. The van der Waals surface area contributed by atoms with Gasteiger partial charge in [-0.25, -0.2) is 10.4 Å². The van der Waals surface area contributed by atoms with Crippen LogP contribution in [-0.4, -0.2) is 22.5 Å². The number of carbonyl (C=O) groups is 2. The van der Waals surface area contributed by atoms with Crippen molar-refractivity contribution in [3.8, 4) is 0 Å². The van der Waals surface area contributed by atoms with Crippen LogP contribution in [-0.2, 0) is 16.0 Å². The molecule has 0 bridgehead atoms. The molecule has 0 unspecified atom stereocenters. The molecule has 1 heterocycles. The van der Waals surface area contributed by atoms with Crippen molar-refractivity contribution >= 4 is 50.5 Å². The quantitative estimate of drug-likeness (QED) is 0.450. The summed E-state index contributed by atoms with van der Waals surface area (Å²) in [5.74, 6) is -0.511. The fourth-order valence-corrected chi connectivity index (χ4v) is 3.07. The lowest BCUT2D eigenvalue weighted by atomic mass is 10.1. The Balaban J connectivity index is 1.51. The normalized spacial score (nSPS) is 11.4. The number of benzene rings is 2. The largest absolute Gasteiger partial charge is 0.375 e. The van der Waals surface area contributed by atoms with Gasteiger partial charge in [-0.05, 0) is 29.8 Å². The maximum atomic E-state index is 12.2. The number of hydrogen-bond acceptors (Lipinski definition) is 6. The van der Waals surface area contributed by atoms with E-state index in [9.17, 15) is 9.59 Å². The summed E-state index contributed by atoms with van der Waals surface area (Å²) in [6, 6.07) is 13.7. The van der Waals surface area contributed by atoms with Crippen molar-refractivity contribution in [2.75, 3.05) is 11.1 Å². The van der Waals surface area contributed by atoms with Gasteiger partial charge < -0.3 is 11.1 Å². The van der Waals surface area contributed by atoms with Gasteiger partial charge in [0.15, 0.2) is 5.13 Å². The maximum Gasteiger partial charge on any atom is 0.246 e. The lowest BCUT2D eigenvalue weighted by molar-refractivity contribution is -0.120. The molecule has 0 saturated heterocycles. The van der Waals surface area contributed by atoms with Crippen LogP contribution in [0.5, 0.6) is 0 Å². The number of anilines is 2. The van der Waals surface area contributed by atoms with E-state index in [-0.39, 0.29) is 24.7 Å². The second-order valence-electron chi connectivity index (χ2n) is 6.02. The van der Waals surface area contributed by atoms with E-state index >= 15 is 0 Å². The Labute approximate surface area is 160 Å². The van der Waals surface area contributed by atoms with Crippen molar-refractivity contribution < 1.29 is 9.59 Å². The van der Waals surface area contributed by atoms with Gasteiger partial charge in [-0.1, -0.05) is 30.3 Å². The molecule has 0 atom stereocenters. The second kappa shape index (κ2) is 8.41. The Bertz CT molecular complexity index is 1010. The van der Waals surface area contributed by atoms with Crippen LogP contribution in [0.25, 0.3) is 10.8 Å². The lowest BCUT2D eigenvalue weighted by Gasteiger charge is -2.07. The van der Waals surface area contributed by atoms with Crippen LogP contribution in [0, 0.1) is 0 Å². The van der Waals surface area contributed by atoms with Gasteiger partial charge in [0.25, 0.3) is 0 Å². The molecule has 0 radical (unpaired) electrons. The third-order valence-corrected chi connectivity index (χ3v) is 4.45. The molecule has 0 fully saturated rings. The van der Waals surface area contributed by atoms with E-state index in [0.29, 0.717) is 16.5 Å². The van der Waals surface area contributed by atoms with Crippen LogP contribution in [0.3, 0.4) is 0 Å². The number of aromatic nitrogens is 1. The average Bonchev–Trinajstić information content (AvgIpc) is 3.04. The molecular formula is C19H19N5O2S. The molecule has 3 aromatic rings. The summed E-state index contributed by atoms with van der Waals surface area (Å²) in [6.07, 6.45) is 0.171. The molecule has 27 heavy (non-hydrogen) atoms. The van der Waals surface area contributed by atoms with Gasteiger partial charge in [0.05, 0.1) is 18.5 Å². The number of nitrogens with one attached hydrogen (secondary N) is 2. The molecule has 138 valence electrons. The number of amides is 2. The highest BCUT2D eigenvalue weighted by Gasteiger charge is 2.08. The van der Waals surface area contributed by atoms with Gasteiger partial charge >= 0.3 is 0 Å². The minimum Gasteiger partial charge on any atom is -0.375 e. The Morgan fingerprint density at radius 2 is 1.93 bits per heavy atom. The van der Waals surface area contributed by atoms with Crippen molar-refractivity contribution in [1.82, 2.24) is 10.4 Å². The van der Waals surface area contributed by atoms with Crippen molar-refractivity contribution in [2.45, 2.75) is 19.8 Å². The first-order valence-corrected chi connectivity index (χ1v) is 9.18. The minimum atomic E-state index is -0.311. The van der Waals surface area contributed by atoms with Gasteiger partial charge in [-0.15, -0.1) is 11.3 Å². The van der Waals surface area contributed by atoms with Crippen LogP contribution in [0.15, 0.2) is 52.9 Å². The number of rotatable bonds is 6. The summed E-state index contributed by atoms with van der Waals surface area (Å²) in [5, 5.41) is 11.1. The number of nitrogens with two attached hydrogens (primary N) is 1. The molecule has 0 saturated carbocycles. The number of fused-ring (bicyclic) bond motifs is 1. The second-order valence-corrected chi connectivity index (χ2v) is 6.91. The average molecular weight is 381 g/mol. The van der Waals surface area contributed by atoms with E-state index in [1.165, 1.54) is 11.3 Å². The zero-order chi connectivity index (χ0) is 19.2. The van der Waals surface area contributed by atoms with Crippen molar-refractivity contribution in [1.29, 1.82) is 0 Å². The van der Waals surface area contributed by atoms with Gasteiger partial charge in [-0.2, -0.15) is 5.10 Å². The number of thiazole rings is 1. The molecule has 2 aromatic carbocycles. The summed E-state index contributed by atoms with van der Waals surface area (Å²) in [5.41, 5.74) is 9.77. The highest BCUT2D eigenvalue weighted by molar-refractivity contribution is 7.13. The summed E-state index contributed by atoms with van der Waals surface area (Å²) < 4.78 is 0. The zero-order valence-electron chi connectivity index (χ0n) is 14.7. The molecule has 7 nitrogen and oxygen atoms in total. The number of nitrogens with zero attached hydrogens (tertiary/aromatic N) is 2. The van der Waals surface area contributed by atoms with Gasteiger partial charge in [-0.3, -0.25) is 9.59 Å². The van der Waals surface area contributed by atoms with Crippen molar-refractivity contribution in [3.05, 3.63) is 53.5 Å². The van der Waals surface area contributed by atoms with E-state index in [0.717, 1.165) is 16.5 Å². The van der Waals surface area contributed by atoms with E-state index < -0.39 is 0 Å². The number of carbonyl (C=O) groups excluding carboxylic acids is 2. The van der Waals surface area contributed by atoms with Crippen molar-refractivity contribution in [2.24, 2.45) is 5.10 Å². The zero-order valence-corrected chi connectivity index (χ0v) is 15.5.